The number of carbonyl (C=O) groups excluding carboxylic acids is 2. The minimum Gasteiger partial charge on any atom is -0.425 e. The molecule has 6 heteroatoms. The molecule has 1 aliphatic rings. The van der Waals surface area contributed by atoms with Gasteiger partial charge in [-0.1, -0.05) is 29.6 Å². The van der Waals surface area contributed by atoms with Gasteiger partial charge in [-0.3, -0.25) is 9.59 Å². The first-order valence-electron chi connectivity index (χ1n) is 5.77. The number of nitriles is 1. The average Bonchev–Trinajstić information content (AvgIpc) is 2.78. The Labute approximate surface area is 125 Å². The van der Waals surface area contributed by atoms with E-state index in [4.69, 9.17) is 10.00 Å². The molecule has 1 heterocycles. The Bertz CT molecular complexity index is 686. The fraction of sp³-hybridized carbons (Fsp3) is 0.214. The van der Waals surface area contributed by atoms with Crippen LogP contribution in [0.25, 0.3) is 0 Å². The molecule has 2 rings (SSSR count). The molecule has 0 aliphatic carbocycles. The highest BCUT2D eigenvalue weighted by Gasteiger charge is 2.28. The maximum atomic E-state index is 11.5. The van der Waals surface area contributed by atoms with Crippen LogP contribution in [0.15, 0.2) is 31.7 Å². The van der Waals surface area contributed by atoms with Crippen LogP contribution in [-0.4, -0.2) is 11.8 Å². The van der Waals surface area contributed by atoms with Crippen molar-refractivity contribution in [3.05, 3.63) is 27.5 Å². The number of rotatable bonds is 2. The first-order chi connectivity index (χ1) is 9.43. The maximum Gasteiger partial charge on any atom is 0.308 e. The van der Waals surface area contributed by atoms with Crippen LogP contribution < -0.4 is 4.74 Å². The van der Waals surface area contributed by atoms with Crippen LogP contribution >= 0.6 is 23.5 Å². The van der Waals surface area contributed by atoms with Crippen molar-refractivity contribution in [3.63, 3.8) is 0 Å². The quantitative estimate of drug-likeness (QED) is 0.361. The summed E-state index contributed by atoms with van der Waals surface area (Å²) in [5, 5.41) is 9.08. The van der Waals surface area contributed by atoms with E-state index in [0.29, 0.717) is 9.99 Å². The van der Waals surface area contributed by atoms with Crippen molar-refractivity contribution in [1.82, 2.24) is 0 Å². The molecule has 0 saturated heterocycles. The molecule has 0 bridgehead atoms. The van der Waals surface area contributed by atoms with Crippen LogP contribution in [0, 0.1) is 18.3 Å². The number of aryl methyl sites for hydroxylation is 1. The number of carbonyl (C=O) groups is 2. The Balaban J connectivity index is 2.51. The third kappa shape index (κ3) is 2.74. The number of hydrogen-bond acceptors (Lipinski definition) is 6. The van der Waals surface area contributed by atoms with E-state index in [1.54, 1.807) is 6.07 Å². The molecule has 0 unspecified atom stereocenters. The number of esters is 1. The van der Waals surface area contributed by atoms with Crippen molar-refractivity contribution in [2.24, 2.45) is 0 Å². The van der Waals surface area contributed by atoms with E-state index in [1.807, 2.05) is 19.1 Å². The first-order valence-corrected chi connectivity index (χ1v) is 7.40. The van der Waals surface area contributed by atoms with Gasteiger partial charge in [0.2, 0.25) is 0 Å². The van der Waals surface area contributed by atoms with E-state index >= 15 is 0 Å². The minimum absolute atomic E-state index is 0.143. The van der Waals surface area contributed by atoms with Crippen LogP contribution in [0.3, 0.4) is 0 Å². The van der Waals surface area contributed by atoms with Crippen LogP contribution in [0.4, 0.5) is 0 Å². The van der Waals surface area contributed by atoms with Gasteiger partial charge in [0.25, 0.3) is 0 Å². The first kappa shape index (κ1) is 14.7. The van der Waals surface area contributed by atoms with Gasteiger partial charge in [0.05, 0.1) is 9.13 Å². The lowest BCUT2D eigenvalue weighted by Gasteiger charge is -2.07. The van der Waals surface area contributed by atoms with E-state index < -0.39 is 5.97 Å². The topological polar surface area (TPSA) is 67.2 Å². The van der Waals surface area contributed by atoms with Gasteiger partial charge in [-0.2, -0.15) is 5.26 Å². The number of benzene rings is 1. The van der Waals surface area contributed by atoms with E-state index in [1.165, 1.54) is 37.4 Å². The molecule has 0 aromatic heterocycles. The number of ether oxygens (including phenoxy) is 1. The highest BCUT2D eigenvalue weighted by Crippen LogP contribution is 2.56. The zero-order valence-electron chi connectivity index (χ0n) is 11.1. The summed E-state index contributed by atoms with van der Waals surface area (Å²) in [5.41, 5.74) is 1.16. The van der Waals surface area contributed by atoms with Crippen molar-refractivity contribution < 1.29 is 14.3 Å². The predicted octanol–water partition coefficient (Wildman–Crippen LogP) is 3.44. The van der Waals surface area contributed by atoms with E-state index in [0.717, 1.165) is 15.4 Å². The molecule has 0 saturated carbocycles. The summed E-state index contributed by atoms with van der Waals surface area (Å²) in [6, 6.07) is 5.52. The third-order valence-corrected chi connectivity index (χ3v) is 5.33. The molecule has 0 atom stereocenters. The Morgan fingerprint density at radius 1 is 1.20 bits per heavy atom. The Hall–Kier alpha value is -1.71. The lowest BCUT2D eigenvalue weighted by molar-refractivity contribution is -0.132. The van der Waals surface area contributed by atoms with Crippen LogP contribution in [0.2, 0.25) is 0 Å². The van der Waals surface area contributed by atoms with Gasteiger partial charge < -0.3 is 4.74 Å². The normalized spacial score (nSPS) is 15.3. The van der Waals surface area contributed by atoms with Crippen LogP contribution in [0.5, 0.6) is 5.75 Å². The zero-order chi connectivity index (χ0) is 14.9. The zero-order valence-corrected chi connectivity index (χ0v) is 12.8. The summed E-state index contributed by atoms with van der Waals surface area (Å²) >= 11 is 2.67. The smallest absolute Gasteiger partial charge is 0.308 e. The van der Waals surface area contributed by atoms with E-state index in [-0.39, 0.29) is 11.4 Å². The second-order valence-electron chi connectivity index (χ2n) is 4.17. The highest BCUT2D eigenvalue weighted by atomic mass is 32.2. The second kappa shape index (κ2) is 5.73. The fourth-order valence-corrected chi connectivity index (χ4v) is 4.43. The third-order valence-electron chi connectivity index (χ3n) is 2.58. The molecule has 1 aromatic rings. The van der Waals surface area contributed by atoms with Crippen molar-refractivity contribution >= 4 is 35.3 Å². The number of nitrogens with zero attached hydrogens (tertiary/aromatic N) is 1. The molecule has 0 fully saturated rings. The van der Waals surface area contributed by atoms with Gasteiger partial charge in [0, 0.05) is 11.8 Å². The predicted molar refractivity (Wildman–Crippen MR) is 77.5 cm³/mol. The van der Waals surface area contributed by atoms with E-state index in [9.17, 15) is 9.59 Å². The second-order valence-corrected chi connectivity index (χ2v) is 6.47. The summed E-state index contributed by atoms with van der Waals surface area (Å²) < 4.78 is 5.81. The molecule has 0 radical (unpaired) electrons. The monoisotopic (exact) mass is 305 g/mol. The number of allylic oxidation sites excluding steroid dienone is 1. The molecule has 4 nitrogen and oxygen atoms in total. The SMILES string of the molecule is CC(=O)Oc1ccc(C)c2c1S/C(=C(/C#N)C(C)=O)S2. The lowest BCUT2D eigenvalue weighted by Crippen LogP contribution is -2.02. The average molecular weight is 305 g/mol. The van der Waals surface area contributed by atoms with E-state index in [2.05, 4.69) is 0 Å². The summed E-state index contributed by atoms with van der Waals surface area (Å²) in [4.78, 5) is 24.3. The Morgan fingerprint density at radius 2 is 1.85 bits per heavy atom. The Morgan fingerprint density at radius 3 is 2.40 bits per heavy atom. The van der Waals surface area contributed by atoms with Crippen molar-refractivity contribution in [1.29, 1.82) is 5.26 Å². The largest absolute Gasteiger partial charge is 0.425 e. The fourth-order valence-electron chi connectivity index (χ4n) is 1.68. The molecule has 0 N–H and O–H groups in total. The number of fused-ring (bicyclic) bond motifs is 1. The highest BCUT2D eigenvalue weighted by molar-refractivity contribution is 8.24. The maximum absolute atomic E-state index is 11.5. The standard InChI is InChI=1S/C14H11NO3S2/c1-7-4-5-11(18-9(3)17)13-12(7)19-14(20-13)10(6-15)8(2)16/h4-5H,1-3H3/b14-10-. The van der Waals surface area contributed by atoms with Gasteiger partial charge >= 0.3 is 5.97 Å². The number of thioether (sulfide) groups is 2. The summed E-state index contributed by atoms with van der Waals surface area (Å²) in [5.74, 6) is -0.195. The number of Topliss-reactive ketones (excluding diaryl/α,β-unsaturated/α-hetero) is 1. The molecule has 1 aromatic carbocycles. The minimum atomic E-state index is -0.397. The van der Waals surface area contributed by atoms with Crippen molar-refractivity contribution in [3.8, 4) is 11.8 Å². The molecule has 0 spiro atoms. The summed E-state index contributed by atoms with van der Waals surface area (Å²) in [7, 11) is 0. The summed E-state index contributed by atoms with van der Waals surface area (Å²) in [6.07, 6.45) is 0. The lowest BCUT2D eigenvalue weighted by atomic mass is 10.2. The molecule has 0 amide bonds. The van der Waals surface area contributed by atoms with Crippen molar-refractivity contribution in [2.45, 2.75) is 30.6 Å². The number of ketones is 1. The molecule has 20 heavy (non-hydrogen) atoms. The molecule has 1 aliphatic heterocycles. The van der Waals surface area contributed by atoms with Gasteiger partial charge in [-0.05, 0) is 25.5 Å². The molecular formula is C14H11NO3S2. The van der Waals surface area contributed by atoms with Crippen LogP contribution in [-0.2, 0) is 9.59 Å². The van der Waals surface area contributed by atoms with Gasteiger partial charge in [-0.25, -0.2) is 0 Å². The Kier molecular flexibility index (Phi) is 4.21. The molecular weight excluding hydrogens is 294 g/mol. The molecule has 102 valence electrons. The van der Waals surface area contributed by atoms with Crippen LogP contribution in [0.1, 0.15) is 19.4 Å². The summed E-state index contributed by atoms with van der Waals surface area (Å²) in [6.45, 7) is 4.65. The number of hydrogen-bond donors (Lipinski definition) is 0. The van der Waals surface area contributed by atoms with Crippen molar-refractivity contribution in [2.75, 3.05) is 0 Å². The van der Waals surface area contributed by atoms with Gasteiger partial charge in [0.1, 0.15) is 17.4 Å². The van der Waals surface area contributed by atoms with Gasteiger partial charge in [0.15, 0.2) is 5.78 Å². The van der Waals surface area contributed by atoms with Gasteiger partial charge in [-0.15, -0.1) is 0 Å².